The summed E-state index contributed by atoms with van der Waals surface area (Å²) in [4.78, 5) is 16.5. The van der Waals surface area contributed by atoms with Crippen molar-refractivity contribution in [3.63, 3.8) is 0 Å². The molecule has 0 spiro atoms. The van der Waals surface area contributed by atoms with Crippen LogP contribution >= 0.6 is 0 Å². The Bertz CT molecular complexity index is 557. The van der Waals surface area contributed by atoms with Crippen molar-refractivity contribution in [2.75, 3.05) is 13.2 Å². The number of pyridine rings is 1. The zero-order valence-corrected chi connectivity index (χ0v) is 12.4. The van der Waals surface area contributed by atoms with Gasteiger partial charge < -0.3 is 10.1 Å². The first kappa shape index (κ1) is 14.7. The molecule has 0 aliphatic heterocycles. The SMILES string of the molecule is O=C(COCC1CC1)N[C@@H](c1ccccc1)c1ccccn1. The summed E-state index contributed by atoms with van der Waals surface area (Å²) in [6.07, 6.45) is 4.19. The van der Waals surface area contributed by atoms with Crippen LogP contribution in [-0.2, 0) is 9.53 Å². The maximum atomic E-state index is 12.1. The normalized spacial score (nSPS) is 15.3. The summed E-state index contributed by atoms with van der Waals surface area (Å²) in [6, 6.07) is 15.3. The number of amides is 1. The Balaban J connectivity index is 1.67. The molecule has 0 saturated heterocycles. The molecule has 3 rings (SSSR count). The lowest BCUT2D eigenvalue weighted by Gasteiger charge is -2.19. The van der Waals surface area contributed by atoms with E-state index in [1.54, 1.807) is 6.20 Å². The minimum atomic E-state index is -0.251. The lowest BCUT2D eigenvalue weighted by atomic mass is 10.0. The Morgan fingerprint density at radius 1 is 1.18 bits per heavy atom. The number of benzene rings is 1. The Morgan fingerprint density at radius 3 is 2.64 bits per heavy atom. The smallest absolute Gasteiger partial charge is 0.246 e. The fourth-order valence-corrected chi connectivity index (χ4v) is 2.33. The molecule has 0 unspecified atom stereocenters. The van der Waals surface area contributed by atoms with E-state index in [-0.39, 0.29) is 18.6 Å². The maximum absolute atomic E-state index is 12.1. The van der Waals surface area contributed by atoms with Crippen molar-refractivity contribution in [3.8, 4) is 0 Å². The zero-order valence-electron chi connectivity index (χ0n) is 12.4. The second-order valence-corrected chi connectivity index (χ2v) is 5.62. The van der Waals surface area contributed by atoms with E-state index in [4.69, 9.17) is 4.74 Å². The van der Waals surface area contributed by atoms with Crippen molar-refractivity contribution in [1.82, 2.24) is 10.3 Å². The summed E-state index contributed by atoms with van der Waals surface area (Å²) in [5.74, 6) is 0.550. The second-order valence-electron chi connectivity index (χ2n) is 5.62. The Kier molecular flexibility index (Phi) is 4.81. The second kappa shape index (κ2) is 7.18. The first-order valence-electron chi connectivity index (χ1n) is 7.66. The summed E-state index contributed by atoms with van der Waals surface area (Å²) >= 11 is 0. The van der Waals surface area contributed by atoms with Crippen LogP contribution in [0.4, 0.5) is 0 Å². The third kappa shape index (κ3) is 4.15. The maximum Gasteiger partial charge on any atom is 0.246 e. The van der Waals surface area contributed by atoms with E-state index >= 15 is 0 Å². The van der Waals surface area contributed by atoms with Gasteiger partial charge in [-0.05, 0) is 36.5 Å². The molecular formula is C18H20N2O2. The van der Waals surface area contributed by atoms with Crippen molar-refractivity contribution in [2.45, 2.75) is 18.9 Å². The van der Waals surface area contributed by atoms with E-state index in [1.807, 2.05) is 48.5 Å². The monoisotopic (exact) mass is 296 g/mol. The molecule has 1 fully saturated rings. The zero-order chi connectivity index (χ0) is 15.2. The molecule has 1 aromatic carbocycles. The van der Waals surface area contributed by atoms with Gasteiger partial charge in [-0.15, -0.1) is 0 Å². The van der Waals surface area contributed by atoms with Crippen LogP contribution in [-0.4, -0.2) is 24.1 Å². The molecule has 4 nitrogen and oxygen atoms in total. The average Bonchev–Trinajstić information content (AvgIpc) is 3.39. The third-order valence-electron chi connectivity index (χ3n) is 3.71. The van der Waals surface area contributed by atoms with Gasteiger partial charge in [-0.1, -0.05) is 36.4 Å². The van der Waals surface area contributed by atoms with E-state index in [0.717, 1.165) is 11.3 Å². The molecule has 0 bridgehead atoms. The highest BCUT2D eigenvalue weighted by Gasteiger charge is 2.22. The van der Waals surface area contributed by atoms with E-state index < -0.39 is 0 Å². The fraction of sp³-hybridized carbons (Fsp3) is 0.333. The van der Waals surface area contributed by atoms with Gasteiger partial charge in [-0.3, -0.25) is 9.78 Å². The number of ether oxygens (including phenoxy) is 1. The molecule has 1 aliphatic carbocycles. The lowest BCUT2D eigenvalue weighted by molar-refractivity contribution is -0.126. The molecule has 1 N–H and O–H groups in total. The number of carbonyl (C=O) groups excluding carboxylic acids is 1. The molecule has 1 heterocycles. The predicted octanol–water partition coefficient (Wildman–Crippen LogP) is 2.71. The molecule has 1 aliphatic rings. The van der Waals surface area contributed by atoms with Gasteiger partial charge in [-0.25, -0.2) is 0 Å². The van der Waals surface area contributed by atoms with Crippen molar-refractivity contribution in [1.29, 1.82) is 0 Å². The van der Waals surface area contributed by atoms with Crippen LogP contribution in [0.2, 0.25) is 0 Å². The van der Waals surface area contributed by atoms with Gasteiger partial charge >= 0.3 is 0 Å². The fourth-order valence-electron chi connectivity index (χ4n) is 2.33. The van der Waals surface area contributed by atoms with Crippen molar-refractivity contribution in [3.05, 3.63) is 66.0 Å². The van der Waals surface area contributed by atoms with Crippen LogP contribution in [0, 0.1) is 5.92 Å². The number of rotatable bonds is 7. The number of nitrogens with zero attached hydrogens (tertiary/aromatic N) is 1. The van der Waals surface area contributed by atoms with Gasteiger partial charge in [0.05, 0.1) is 18.3 Å². The number of carbonyl (C=O) groups is 1. The van der Waals surface area contributed by atoms with Crippen LogP contribution in [0.3, 0.4) is 0 Å². The Hall–Kier alpha value is -2.20. The highest BCUT2D eigenvalue weighted by Crippen LogP contribution is 2.28. The first-order chi connectivity index (χ1) is 10.8. The molecular weight excluding hydrogens is 276 g/mol. The van der Waals surface area contributed by atoms with Crippen LogP contribution in [0.1, 0.15) is 30.1 Å². The molecule has 1 amide bonds. The molecule has 1 atom stereocenters. The van der Waals surface area contributed by atoms with Crippen molar-refractivity contribution >= 4 is 5.91 Å². The summed E-state index contributed by atoms with van der Waals surface area (Å²) in [6.45, 7) is 0.791. The highest BCUT2D eigenvalue weighted by atomic mass is 16.5. The third-order valence-corrected chi connectivity index (χ3v) is 3.71. The standard InChI is InChI=1S/C18H20N2O2/c21-17(13-22-12-14-9-10-14)20-18(15-6-2-1-3-7-15)16-8-4-5-11-19-16/h1-8,11,14,18H,9-10,12-13H2,(H,20,21)/t18-/m0/s1. The summed E-state index contributed by atoms with van der Waals surface area (Å²) in [5.41, 5.74) is 1.83. The van der Waals surface area contributed by atoms with Crippen molar-refractivity contribution < 1.29 is 9.53 Å². The van der Waals surface area contributed by atoms with Crippen LogP contribution in [0.5, 0.6) is 0 Å². The number of nitrogens with one attached hydrogen (secondary N) is 1. The number of hydrogen-bond acceptors (Lipinski definition) is 3. The average molecular weight is 296 g/mol. The van der Waals surface area contributed by atoms with Gasteiger partial charge in [-0.2, -0.15) is 0 Å². The topological polar surface area (TPSA) is 51.2 Å². The lowest BCUT2D eigenvalue weighted by Crippen LogP contribution is -2.33. The minimum absolute atomic E-state index is 0.104. The summed E-state index contributed by atoms with van der Waals surface area (Å²) in [5, 5.41) is 3.02. The van der Waals surface area contributed by atoms with Crippen molar-refractivity contribution in [2.24, 2.45) is 5.92 Å². The van der Waals surface area contributed by atoms with Gasteiger partial charge in [0.15, 0.2) is 0 Å². The Morgan fingerprint density at radius 2 is 1.95 bits per heavy atom. The van der Waals surface area contributed by atoms with Gasteiger partial charge in [0.25, 0.3) is 0 Å². The molecule has 1 aromatic heterocycles. The van der Waals surface area contributed by atoms with E-state index in [0.29, 0.717) is 12.5 Å². The predicted molar refractivity (Wildman–Crippen MR) is 84.2 cm³/mol. The molecule has 4 heteroatoms. The largest absolute Gasteiger partial charge is 0.371 e. The van der Waals surface area contributed by atoms with Gasteiger partial charge in [0.2, 0.25) is 5.91 Å². The molecule has 114 valence electrons. The van der Waals surface area contributed by atoms with E-state index in [1.165, 1.54) is 12.8 Å². The molecule has 22 heavy (non-hydrogen) atoms. The molecule has 1 saturated carbocycles. The van der Waals surface area contributed by atoms with Crippen LogP contribution in [0.25, 0.3) is 0 Å². The Labute approximate surface area is 130 Å². The summed E-state index contributed by atoms with van der Waals surface area (Å²) < 4.78 is 5.46. The highest BCUT2D eigenvalue weighted by molar-refractivity contribution is 5.78. The number of aromatic nitrogens is 1. The minimum Gasteiger partial charge on any atom is -0.371 e. The molecule has 2 aromatic rings. The van der Waals surface area contributed by atoms with E-state index in [9.17, 15) is 4.79 Å². The molecule has 0 radical (unpaired) electrons. The quantitative estimate of drug-likeness (QED) is 0.854. The van der Waals surface area contributed by atoms with Gasteiger partial charge in [0.1, 0.15) is 6.61 Å². The van der Waals surface area contributed by atoms with Gasteiger partial charge in [0, 0.05) is 6.20 Å². The van der Waals surface area contributed by atoms with Crippen LogP contribution < -0.4 is 5.32 Å². The van der Waals surface area contributed by atoms with Crippen LogP contribution in [0.15, 0.2) is 54.7 Å². The van der Waals surface area contributed by atoms with E-state index in [2.05, 4.69) is 10.3 Å². The number of hydrogen-bond donors (Lipinski definition) is 1. The first-order valence-corrected chi connectivity index (χ1v) is 7.66. The summed E-state index contributed by atoms with van der Waals surface area (Å²) in [7, 11) is 0.